The number of H-pyrrole nitrogens is 1. The van der Waals surface area contributed by atoms with Gasteiger partial charge < -0.3 is 5.32 Å². The predicted octanol–water partition coefficient (Wildman–Crippen LogP) is 5.03. The Bertz CT molecular complexity index is 789. The summed E-state index contributed by atoms with van der Waals surface area (Å²) in [6.07, 6.45) is 5.32. The summed E-state index contributed by atoms with van der Waals surface area (Å²) in [6.45, 7) is 2.20. The highest BCUT2D eigenvalue weighted by atomic mass is 35.5. The van der Waals surface area contributed by atoms with Crippen LogP contribution in [0.2, 0.25) is 5.02 Å². The maximum atomic E-state index is 6.22. The molecule has 3 aromatic rings. The van der Waals surface area contributed by atoms with Crippen molar-refractivity contribution in [2.45, 2.75) is 31.3 Å². The van der Waals surface area contributed by atoms with Crippen molar-refractivity contribution in [3.8, 4) is 0 Å². The summed E-state index contributed by atoms with van der Waals surface area (Å²) < 4.78 is 0. The lowest BCUT2D eigenvalue weighted by Gasteiger charge is -2.09. The molecule has 0 aliphatic rings. The third-order valence-electron chi connectivity index (χ3n) is 3.40. The third kappa shape index (κ3) is 3.95. The van der Waals surface area contributed by atoms with E-state index >= 15 is 0 Å². The first kappa shape index (κ1) is 16.1. The first-order valence-corrected chi connectivity index (χ1v) is 8.99. The van der Waals surface area contributed by atoms with E-state index in [9.17, 15) is 0 Å². The number of nitrogens with one attached hydrogen (secondary N) is 2. The van der Waals surface area contributed by atoms with Crippen molar-refractivity contribution in [2.24, 2.45) is 0 Å². The van der Waals surface area contributed by atoms with Gasteiger partial charge in [0.25, 0.3) is 0 Å². The molecule has 0 atom stereocenters. The van der Waals surface area contributed by atoms with Gasteiger partial charge in [-0.3, -0.25) is 5.10 Å². The smallest absolute Gasteiger partial charge is 0.191 e. The summed E-state index contributed by atoms with van der Waals surface area (Å²) in [5, 5.41) is 12.5. The van der Waals surface area contributed by atoms with E-state index < -0.39 is 0 Å². The largest absolute Gasteiger partial charge is 0.338 e. The number of aromatic nitrogens is 4. The summed E-state index contributed by atoms with van der Waals surface area (Å²) in [5.41, 5.74) is 1.55. The van der Waals surface area contributed by atoms with Crippen molar-refractivity contribution < 1.29 is 0 Å². The third-order valence-corrected chi connectivity index (χ3v) is 4.66. The van der Waals surface area contributed by atoms with Crippen molar-refractivity contribution in [2.75, 3.05) is 11.1 Å². The molecular formula is C16H18ClN5S. The number of unbranched alkanes of at least 4 members (excludes halogenated alkanes) is 2. The van der Waals surface area contributed by atoms with Gasteiger partial charge in [0.05, 0.1) is 22.3 Å². The fourth-order valence-corrected chi connectivity index (χ4v) is 3.21. The number of rotatable bonds is 7. The molecule has 0 fully saturated rings. The minimum atomic E-state index is 0.653. The average Bonchev–Trinajstić information content (AvgIpc) is 3.02. The Morgan fingerprint density at radius 2 is 2.09 bits per heavy atom. The zero-order chi connectivity index (χ0) is 16.1. The van der Waals surface area contributed by atoms with Crippen molar-refractivity contribution in [1.29, 1.82) is 0 Å². The van der Waals surface area contributed by atoms with Crippen LogP contribution in [0.4, 0.5) is 11.5 Å². The van der Waals surface area contributed by atoms with Crippen LogP contribution in [0.5, 0.6) is 0 Å². The first-order chi connectivity index (χ1) is 11.3. The Hall–Kier alpha value is -1.79. The highest BCUT2D eigenvalue weighted by Gasteiger charge is 2.11. The van der Waals surface area contributed by atoms with Crippen molar-refractivity contribution >= 4 is 45.9 Å². The molecule has 3 rings (SSSR count). The predicted molar refractivity (Wildman–Crippen MR) is 96.7 cm³/mol. The molecular weight excluding hydrogens is 330 g/mol. The van der Waals surface area contributed by atoms with Gasteiger partial charge in [-0.1, -0.05) is 55.3 Å². The Kier molecular flexibility index (Phi) is 5.35. The average molecular weight is 348 g/mol. The number of thioether (sulfide) groups is 1. The number of para-hydroxylation sites is 1. The summed E-state index contributed by atoms with van der Waals surface area (Å²) in [6, 6.07) is 7.60. The molecule has 120 valence electrons. The van der Waals surface area contributed by atoms with E-state index in [0.29, 0.717) is 5.02 Å². The summed E-state index contributed by atoms with van der Waals surface area (Å²) in [5.74, 6) is 1.73. The lowest BCUT2D eigenvalue weighted by Crippen LogP contribution is -1.98. The Morgan fingerprint density at radius 3 is 2.91 bits per heavy atom. The molecule has 7 heteroatoms. The summed E-state index contributed by atoms with van der Waals surface area (Å²) in [4.78, 5) is 9.15. The van der Waals surface area contributed by atoms with E-state index in [1.54, 1.807) is 18.0 Å². The molecule has 2 N–H and O–H groups in total. The second-order valence-electron chi connectivity index (χ2n) is 5.15. The van der Waals surface area contributed by atoms with Crippen LogP contribution < -0.4 is 5.32 Å². The SMILES string of the molecule is CCCCCSc1nc(Nc2ccccc2Cl)c2cn[nH]c2n1. The van der Waals surface area contributed by atoms with E-state index in [4.69, 9.17) is 11.6 Å². The van der Waals surface area contributed by atoms with Crippen LogP contribution in [0.3, 0.4) is 0 Å². The van der Waals surface area contributed by atoms with Gasteiger partial charge >= 0.3 is 0 Å². The molecule has 0 radical (unpaired) electrons. The van der Waals surface area contributed by atoms with Gasteiger partial charge in [-0.15, -0.1) is 0 Å². The summed E-state index contributed by atoms with van der Waals surface area (Å²) >= 11 is 7.89. The highest BCUT2D eigenvalue weighted by molar-refractivity contribution is 7.99. The van der Waals surface area contributed by atoms with Gasteiger partial charge in [-0.25, -0.2) is 9.97 Å². The van der Waals surface area contributed by atoms with E-state index in [1.807, 2.05) is 24.3 Å². The molecule has 0 unspecified atom stereocenters. The van der Waals surface area contributed by atoms with Gasteiger partial charge in [0.15, 0.2) is 10.8 Å². The van der Waals surface area contributed by atoms with Gasteiger partial charge in [-0.2, -0.15) is 5.10 Å². The molecule has 0 spiro atoms. The molecule has 2 heterocycles. The second kappa shape index (κ2) is 7.66. The lowest BCUT2D eigenvalue weighted by atomic mass is 10.3. The number of hydrogen-bond acceptors (Lipinski definition) is 5. The molecule has 0 amide bonds. The molecule has 0 saturated heterocycles. The Balaban J connectivity index is 1.86. The van der Waals surface area contributed by atoms with E-state index in [2.05, 4.69) is 32.4 Å². The molecule has 0 bridgehead atoms. The first-order valence-electron chi connectivity index (χ1n) is 7.63. The monoisotopic (exact) mass is 347 g/mol. The quantitative estimate of drug-likeness (QED) is 0.356. The second-order valence-corrected chi connectivity index (χ2v) is 6.62. The lowest BCUT2D eigenvalue weighted by molar-refractivity contribution is 0.777. The van der Waals surface area contributed by atoms with Crippen LogP contribution in [0.25, 0.3) is 11.0 Å². The van der Waals surface area contributed by atoms with Crippen molar-refractivity contribution in [1.82, 2.24) is 20.2 Å². The molecule has 0 aliphatic carbocycles. The fraction of sp³-hybridized carbons (Fsp3) is 0.312. The molecule has 1 aromatic carbocycles. The number of halogens is 1. The van der Waals surface area contributed by atoms with Crippen molar-refractivity contribution in [3.63, 3.8) is 0 Å². The molecule has 0 saturated carbocycles. The van der Waals surface area contributed by atoms with Crippen molar-refractivity contribution in [3.05, 3.63) is 35.5 Å². The van der Waals surface area contributed by atoms with Crippen LogP contribution in [-0.4, -0.2) is 25.9 Å². The minimum Gasteiger partial charge on any atom is -0.338 e. The normalized spacial score (nSPS) is 11.0. The van der Waals surface area contributed by atoms with Gasteiger partial charge in [0.2, 0.25) is 0 Å². The highest BCUT2D eigenvalue weighted by Crippen LogP contribution is 2.29. The van der Waals surface area contributed by atoms with Crippen LogP contribution in [0.15, 0.2) is 35.6 Å². The maximum Gasteiger partial charge on any atom is 0.191 e. The molecule has 0 aliphatic heterocycles. The Morgan fingerprint density at radius 1 is 1.22 bits per heavy atom. The minimum absolute atomic E-state index is 0.653. The van der Waals surface area contributed by atoms with Gasteiger partial charge in [0, 0.05) is 5.75 Å². The van der Waals surface area contributed by atoms with Gasteiger partial charge in [-0.05, 0) is 18.6 Å². The molecule has 23 heavy (non-hydrogen) atoms. The van der Waals surface area contributed by atoms with Crippen LogP contribution >= 0.6 is 23.4 Å². The van der Waals surface area contributed by atoms with E-state index in [-0.39, 0.29) is 0 Å². The molecule has 5 nitrogen and oxygen atoms in total. The number of fused-ring (bicyclic) bond motifs is 1. The van der Waals surface area contributed by atoms with Crippen LogP contribution in [0, 0.1) is 0 Å². The number of aromatic amines is 1. The standard InChI is InChI=1S/C16H18ClN5S/c1-2-3-6-9-23-16-20-14(11-10-18-22-15(11)21-16)19-13-8-5-4-7-12(13)17/h4-5,7-8,10H,2-3,6,9H2,1H3,(H2,18,19,20,21,22). The Labute approximate surface area is 144 Å². The maximum absolute atomic E-state index is 6.22. The van der Waals surface area contributed by atoms with E-state index in [1.165, 1.54) is 19.3 Å². The van der Waals surface area contributed by atoms with Crippen LogP contribution in [0.1, 0.15) is 26.2 Å². The molecule has 2 aromatic heterocycles. The summed E-state index contributed by atoms with van der Waals surface area (Å²) in [7, 11) is 0. The zero-order valence-electron chi connectivity index (χ0n) is 12.8. The van der Waals surface area contributed by atoms with Gasteiger partial charge in [0.1, 0.15) is 5.82 Å². The van der Waals surface area contributed by atoms with E-state index in [0.717, 1.165) is 33.4 Å². The number of nitrogens with zero attached hydrogens (tertiary/aromatic N) is 3. The fourth-order valence-electron chi connectivity index (χ4n) is 2.18. The van der Waals surface area contributed by atoms with Crippen LogP contribution in [-0.2, 0) is 0 Å². The topological polar surface area (TPSA) is 66.5 Å². The number of benzene rings is 1. The number of hydrogen-bond donors (Lipinski definition) is 2. The number of anilines is 2. The zero-order valence-corrected chi connectivity index (χ0v) is 14.4.